The van der Waals surface area contributed by atoms with Gasteiger partial charge in [0.05, 0.1) is 12.5 Å². The highest BCUT2D eigenvalue weighted by molar-refractivity contribution is 4.96. The van der Waals surface area contributed by atoms with Crippen molar-refractivity contribution < 1.29 is 9.47 Å². The Hall–Kier alpha value is -0.920. The molecule has 0 aliphatic carbocycles. The molecule has 2 aliphatic heterocycles. The van der Waals surface area contributed by atoms with Gasteiger partial charge in [-0.1, -0.05) is 13.8 Å². The molecule has 0 saturated carbocycles. The van der Waals surface area contributed by atoms with Gasteiger partial charge in [-0.25, -0.2) is 0 Å². The van der Waals surface area contributed by atoms with Gasteiger partial charge < -0.3 is 9.47 Å². The number of hydrogen-bond acceptors (Lipinski definition) is 2. The molecule has 2 aliphatic rings. The van der Waals surface area contributed by atoms with E-state index in [2.05, 4.69) is 26.0 Å². The first-order valence-corrected chi connectivity index (χ1v) is 5.82. The van der Waals surface area contributed by atoms with Gasteiger partial charge in [-0.3, -0.25) is 0 Å². The van der Waals surface area contributed by atoms with Crippen LogP contribution in [0.15, 0.2) is 24.7 Å². The molecule has 0 fully saturated rings. The second-order valence-electron chi connectivity index (χ2n) is 4.97. The zero-order chi connectivity index (χ0) is 10.7. The SMILES string of the molecule is CC(C)(C1CCC=CO1)C1CCC=CO1. The summed E-state index contributed by atoms with van der Waals surface area (Å²) in [5.41, 5.74) is 0.0928. The fourth-order valence-electron chi connectivity index (χ4n) is 2.37. The van der Waals surface area contributed by atoms with Crippen molar-refractivity contribution in [3.63, 3.8) is 0 Å². The first kappa shape index (κ1) is 10.6. The molecule has 2 heterocycles. The van der Waals surface area contributed by atoms with Crippen molar-refractivity contribution in [2.75, 3.05) is 0 Å². The van der Waals surface area contributed by atoms with E-state index in [1.165, 1.54) is 0 Å². The van der Waals surface area contributed by atoms with Crippen LogP contribution in [0.4, 0.5) is 0 Å². The van der Waals surface area contributed by atoms with Crippen molar-refractivity contribution in [1.82, 2.24) is 0 Å². The van der Waals surface area contributed by atoms with Crippen LogP contribution < -0.4 is 0 Å². The van der Waals surface area contributed by atoms with Crippen LogP contribution in [-0.2, 0) is 9.47 Å². The van der Waals surface area contributed by atoms with Crippen molar-refractivity contribution in [3.05, 3.63) is 24.7 Å². The highest BCUT2D eigenvalue weighted by Crippen LogP contribution is 2.37. The Bertz CT molecular complexity index is 240. The summed E-state index contributed by atoms with van der Waals surface area (Å²) in [6.45, 7) is 4.50. The maximum Gasteiger partial charge on any atom is 0.107 e. The summed E-state index contributed by atoms with van der Waals surface area (Å²) in [6, 6.07) is 0. The second-order valence-corrected chi connectivity index (χ2v) is 4.97. The second kappa shape index (κ2) is 4.30. The summed E-state index contributed by atoms with van der Waals surface area (Å²) in [7, 11) is 0. The molecule has 84 valence electrons. The third-order valence-electron chi connectivity index (χ3n) is 3.53. The number of allylic oxidation sites excluding steroid dienone is 2. The van der Waals surface area contributed by atoms with Gasteiger partial charge in [0.15, 0.2) is 0 Å². The first-order chi connectivity index (χ1) is 7.21. The lowest BCUT2D eigenvalue weighted by Gasteiger charge is -2.41. The molecule has 0 radical (unpaired) electrons. The van der Waals surface area contributed by atoms with Crippen LogP contribution in [-0.4, -0.2) is 12.2 Å². The molecule has 15 heavy (non-hydrogen) atoms. The van der Waals surface area contributed by atoms with E-state index < -0.39 is 0 Å². The summed E-state index contributed by atoms with van der Waals surface area (Å²) in [6.07, 6.45) is 12.9. The Balaban J connectivity index is 2.03. The minimum absolute atomic E-state index is 0.0928. The van der Waals surface area contributed by atoms with Gasteiger partial charge in [0.2, 0.25) is 0 Å². The molecule has 0 bridgehead atoms. The van der Waals surface area contributed by atoms with Crippen LogP contribution in [0, 0.1) is 5.41 Å². The quantitative estimate of drug-likeness (QED) is 0.692. The van der Waals surface area contributed by atoms with E-state index in [1.54, 1.807) is 0 Å². The minimum Gasteiger partial charge on any atom is -0.498 e. The summed E-state index contributed by atoms with van der Waals surface area (Å²) in [5, 5.41) is 0. The van der Waals surface area contributed by atoms with Crippen molar-refractivity contribution >= 4 is 0 Å². The number of rotatable bonds is 2. The summed E-state index contributed by atoms with van der Waals surface area (Å²) >= 11 is 0. The fraction of sp³-hybridized carbons (Fsp3) is 0.692. The van der Waals surface area contributed by atoms with E-state index in [0.29, 0.717) is 12.2 Å². The standard InChI is InChI=1S/C13H20O2/c1-13(2,11-7-3-5-9-14-11)12-8-4-6-10-15-12/h5-6,9-12H,3-4,7-8H2,1-2H3. The van der Waals surface area contributed by atoms with Gasteiger partial charge in [-0.05, 0) is 37.8 Å². The third kappa shape index (κ3) is 2.19. The molecule has 0 spiro atoms. The lowest BCUT2D eigenvalue weighted by molar-refractivity contribution is -0.0723. The maximum absolute atomic E-state index is 5.71. The predicted molar refractivity (Wildman–Crippen MR) is 60.3 cm³/mol. The number of ether oxygens (including phenoxy) is 2. The Morgan fingerprint density at radius 2 is 1.40 bits per heavy atom. The molecule has 0 aromatic heterocycles. The van der Waals surface area contributed by atoms with E-state index in [-0.39, 0.29) is 5.41 Å². The van der Waals surface area contributed by atoms with Gasteiger partial charge >= 0.3 is 0 Å². The monoisotopic (exact) mass is 208 g/mol. The normalized spacial score (nSPS) is 30.8. The van der Waals surface area contributed by atoms with Crippen LogP contribution in [0.5, 0.6) is 0 Å². The molecule has 2 rings (SSSR count). The van der Waals surface area contributed by atoms with E-state index in [9.17, 15) is 0 Å². The van der Waals surface area contributed by atoms with Crippen LogP contribution in [0.3, 0.4) is 0 Å². The lowest BCUT2D eigenvalue weighted by Crippen LogP contribution is -2.43. The minimum atomic E-state index is 0.0928. The maximum atomic E-state index is 5.71. The highest BCUT2D eigenvalue weighted by atomic mass is 16.5. The smallest absolute Gasteiger partial charge is 0.107 e. The van der Waals surface area contributed by atoms with E-state index in [4.69, 9.17) is 9.47 Å². The van der Waals surface area contributed by atoms with E-state index in [0.717, 1.165) is 25.7 Å². The summed E-state index contributed by atoms with van der Waals surface area (Å²) in [4.78, 5) is 0. The van der Waals surface area contributed by atoms with E-state index >= 15 is 0 Å². The van der Waals surface area contributed by atoms with Crippen molar-refractivity contribution in [2.45, 2.75) is 51.7 Å². The van der Waals surface area contributed by atoms with Crippen molar-refractivity contribution in [2.24, 2.45) is 5.41 Å². The van der Waals surface area contributed by atoms with Gasteiger partial charge in [-0.2, -0.15) is 0 Å². The molecule has 2 nitrogen and oxygen atoms in total. The third-order valence-corrected chi connectivity index (χ3v) is 3.53. The summed E-state index contributed by atoms with van der Waals surface area (Å²) < 4.78 is 11.4. The van der Waals surface area contributed by atoms with E-state index in [1.807, 2.05) is 12.5 Å². The summed E-state index contributed by atoms with van der Waals surface area (Å²) in [5.74, 6) is 0. The molecule has 2 unspecified atom stereocenters. The Morgan fingerprint density at radius 3 is 1.73 bits per heavy atom. The highest BCUT2D eigenvalue weighted by Gasteiger charge is 2.40. The van der Waals surface area contributed by atoms with Crippen LogP contribution >= 0.6 is 0 Å². The van der Waals surface area contributed by atoms with Crippen LogP contribution in [0.2, 0.25) is 0 Å². The molecule has 0 N–H and O–H groups in total. The topological polar surface area (TPSA) is 18.5 Å². The fourth-order valence-corrected chi connectivity index (χ4v) is 2.37. The van der Waals surface area contributed by atoms with Gasteiger partial charge in [-0.15, -0.1) is 0 Å². The van der Waals surface area contributed by atoms with Crippen LogP contribution in [0.1, 0.15) is 39.5 Å². The Kier molecular flexibility index (Phi) is 3.03. The zero-order valence-corrected chi connectivity index (χ0v) is 9.61. The molecule has 2 heteroatoms. The molecule has 2 atom stereocenters. The molecule has 0 aromatic rings. The molecule has 0 aromatic carbocycles. The van der Waals surface area contributed by atoms with Crippen molar-refractivity contribution in [3.8, 4) is 0 Å². The zero-order valence-electron chi connectivity index (χ0n) is 9.61. The average Bonchev–Trinajstić information content (AvgIpc) is 2.31. The van der Waals surface area contributed by atoms with Crippen molar-refractivity contribution in [1.29, 1.82) is 0 Å². The number of hydrogen-bond donors (Lipinski definition) is 0. The Labute approximate surface area is 92.0 Å². The van der Waals surface area contributed by atoms with Gasteiger partial charge in [0.1, 0.15) is 12.2 Å². The van der Waals surface area contributed by atoms with Crippen LogP contribution in [0.25, 0.3) is 0 Å². The van der Waals surface area contributed by atoms with Gasteiger partial charge in [0, 0.05) is 5.41 Å². The molecule has 0 amide bonds. The lowest BCUT2D eigenvalue weighted by atomic mass is 9.76. The largest absolute Gasteiger partial charge is 0.498 e. The molecule has 0 saturated heterocycles. The molecular weight excluding hydrogens is 188 g/mol. The first-order valence-electron chi connectivity index (χ1n) is 5.82. The molecular formula is C13H20O2. The van der Waals surface area contributed by atoms with Gasteiger partial charge in [0.25, 0.3) is 0 Å². The average molecular weight is 208 g/mol. The predicted octanol–water partition coefficient (Wildman–Crippen LogP) is 3.40. The Morgan fingerprint density at radius 1 is 0.933 bits per heavy atom.